The summed E-state index contributed by atoms with van der Waals surface area (Å²) in [6.45, 7) is 3.74. The number of nitrogens with one attached hydrogen (secondary N) is 1. The molecular formula is C12H11N3O2. The van der Waals surface area contributed by atoms with Gasteiger partial charge in [-0.25, -0.2) is 4.98 Å². The quantitative estimate of drug-likeness (QED) is 0.786. The summed E-state index contributed by atoms with van der Waals surface area (Å²) in [6, 6.07) is 1.69. The molecule has 86 valence electrons. The molecule has 0 unspecified atom stereocenters. The van der Waals surface area contributed by atoms with E-state index in [1.165, 1.54) is 0 Å². The molecule has 17 heavy (non-hydrogen) atoms. The minimum Gasteiger partial charge on any atom is -0.341 e. The van der Waals surface area contributed by atoms with Gasteiger partial charge in [0, 0.05) is 5.69 Å². The molecular weight excluding hydrogens is 218 g/mol. The molecule has 0 saturated carbocycles. The van der Waals surface area contributed by atoms with Crippen LogP contribution in [0.5, 0.6) is 0 Å². The van der Waals surface area contributed by atoms with Crippen molar-refractivity contribution < 1.29 is 9.32 Å². The van der Waals surface area contributed by atoms with E-state index in [-0.39, 0.29) is 12.5 Å². The average molecular weight is 229 g/mol. The summed E-state index contributed by atoms with van der Waals surface area (Å²) in [5, 5.41) is 7.04. The fraction of sp³-hybridized carbons (Fsp3) is 0.250. The van der Waals surface area contributed by atoms with E-state index in [1.54, 1.807) is 19.9 Å². The zero-order valence-electron chi connectivity index (χ0n) is 9.57. The van der Waals surface area contributed by atoms with Crippen LogP contribution in [0, 0.1) is 26.2 Å². The fourth-order valence-electron chi connectivity index (χ4n) is 1.62. The van der Waals surface area contributed by atoms with E-state index in [1.807, 2.05) is 0 Å². The number of hydrogen-bond acceptors (Lipinski definition) is 4. The van der Waals surface area contributed by atoms with Gasteiger partial charge < -0.3 is 9.84 Å². The van der Waals surface area contributed by atoms with E-state index in [0.29, 0.717) is 28.1 Å². The Hall–Kier alpha value is -2.35. The van der Waals surface area contributed by atoms with E-state index in [4.69, 9.17) is 10.9 Å². The standard InChI is InChI=1S/C12H11N3O2/c1-4-5-13-11(16)9-6-7(2)14-12-10(9)8(3)15-17-12/h1,6H,5H2,2-3H3,(H,13,16). The molecule has 0 spiro atoms. The lowest BCUT2D eigenvalue weighted by atomic mass is 10.1. The normalized spacial score (nSPS) is 10.2. The topological polar surface area (TPSA) is 68.0 Å². The number of fused-ring (bicyclic) bond motifs is 1. The fourth-order valence-corrected chi connectivity index (χ4v) is 1.62. The van der Waals surface area contributed by atoms with Crippen molar-refractivity contribution >= 4 is 17.0 Å². The maximum Gasteiger partial charge on any atom is 0.258 e. The molecule has 0 aromatic carbocycles. The highest BCUT2D eigenvalue weighted by molar-refractivity contribution is 6.06. The van der Waals surface area contributed by atoms with Crippen LogP contribution in [-0.4, -0.2) is 22.6 Å². The number of terminal acetylenes is 1. The van der Waals surface area contributed by atoms with Crippen LogP contribution in [0.15, 0.2) is 10.6 Å². The Bertz CT molecular complexity index is 622. The number of carbonyl (C=O) groups excluding carboxylic acids is 1. The maximum atomic E-state index is 11.9. The summed E-state index contributed by atoms with van der Waals surface area (Å²) in [4.78, 5) is 16.1. The van der Waals surface area contributed by atoms with Gasteiger partial charge in [0.2, 0.25) is 0 Å². The predicted molar refractivity (Wildman–Crippen MR) is 62.4 cm³/mol. The van der Waals surface area contributed by atoms with Crippen LogP contribution in [0.2, 0.25) is 0 Å². The molecule has 5 heteroatoms. The molecule has 1 amide bonds. The molecule has 2 aromatic heterocycles. The van der Waals surface area contributed by atoms with E-state index in [2.05, 4.69) is 21.4 Å². The van der Waals surface area contributed by atoms with Crippen LogP contribution >= 0.6 is 0 Å². The van der Waals surface area contributed by atoms with E-state index in [9.17, 15) is 4.79 Å². The van der Waals surface area contributed by atoms with Gasteiger partial charge in [0.25, 0.3) is 11.6 Å². The van der Waals surface area contributed by atoms with Gasteiger partial charge >= 0.3 is 0 Å². The van der Waals surface area contributed by atoms with Crippen molar-refractivity contribution in [2.45, 2.75) is 13.8 Å². The molecule has 2 rings (SSSR count). The summed E-state index contributed by atoms with van der Waals surface area (Å²) < 4.78 is 5.04. The van der Waals surface area contributed by atoms with Crippen LogP contribution < -0.4 is 5.32 Å². The first kappa shape index (κ1) is 11.1. The first-order chi connectivity index (χ1) is 8.13. The van der Waals surface area contributed by atoms with Gasteiger partial charge in [-0.2, -0.15) is 0 Å². The molecule has 5 nitrogen and oxygen atoms in total. The zero-order chi connectivity index (χ0) is 12.4. The molecule has 0 aliphatic rings. The van der Waals surface area contributed by atoms with Crippen LogP contribution in [0.3, 0.4) is 0 Å². The van der Waals surface area contributed by atoms with Gasteiger partial charge in [-0.05, 0) is 19.9 Å². The van der Waals surface area contributed by atoms with Crippen molar-refractivity contribution in [3.05, 3.63) is 23.0 Å². The molecule has 2 heterocycles. The van der Waals surface area contributed by atoms with Crippen LogP contribution in [0.25, 0.3) is 11.1 Å². The van der Waals surface area contributed by atoms with Crippen molar-refractivity contribution in [3.63, 3.8) is 0 Å². The lowest BCUT2D eigenvalue weighted by Crippen LogP contribution is -2.24. The van der Waals surface area contributed by atoms with Gasteiger partial charge in [0.15, 0.2) is 0 Å². The Labute approximate surface area is 98.2 Å². The van der Waals surface area contributed by atoms with Gasteiger partial charge in [-0.3, -0.25) is 4.79 Å². The van der Waals surface area contributed by atoms with E-state index >= 15 is 0 Å². The SMILES string of the molecule is C#CCNC(=O)c1cc(C)nc2onc(C)c12. The largest absolute Gasteiger partial charge is 0.341 e. The molecule has 0 radical (unpaired) electrons. The van der Waals surface area contributed by atoms with E-state index < -0.39 is 0 Å². The number of carbonyl (C=O) groups is 1. The van der Waals surface area contributed by atoms with Crippen LogP contribution in [0.1, 0.15) is 21.7 Å². The highest BCUT2D eigenvalue weighted by Crippen LogP contribution is 2.21. The van der Waals surface area contributed by atoms with E-state index in [0.717, 1.165) is 0 Å². The number of amides is 1. The Kier molecular flexibility index (Phi) is 2.79. The second-order valence-electron chi connectivity index (χ2n) is 3.65. The Morgan fingerprint density at radius 2 is 2.35 bits per heavy atom. The maximum absolute atomic E-state index is 11.9. The molecule has 2 aromatic rings. The number of pyridine rings is 1. The van der Waals surface area contributed by atoms with Crippen molar-refractivity contribution in [2.75, 3.05) is 6.54 Å². The third-order valence-corrected chi connectivity index (χ3v) is 2.34. The minimum absolute atomic E-state index is 0.187. The molecule has 0 aliphatic carbocycles. The molecule has 0 fully saturated rings. The summed E-state index contributed by atoms with van der Waals surface area (Å²) in [5.41, 5.74) is 2.19. The summed E-state index contributed by atoms with van der Waals surface area (Å²) in [5.74, 6) is 2.11. The Morgan fingerprint density at radius 1 is 1.59 bits per heavy atom. The highest BCUT2D eigenvalue weighted by atomic mass is 16.5. The van der Waals surface area contributed by atoms with Crippen molar-refractivity contribution in [1.29, 1.82) is 0 Å². The summed E-state index contributed by atoms with van der Waals surface area (Å²) in [7, 11) is 0. The number of rotatable bonds is 2. The lowest BCUT2D eigenvalue weighted by Gasteiger charge is -2.03. The monoisotopic (exact) mass is 229 g/mol. The first-order valence-corrected chi connectivity index (χ1v) is 5.08. The number of aromatic nitrogens is 2. The highest BCUT2D eigenvalue weighted by Gasteiger charge is 2.16. The van der Waals surface area contributed by atoms with Crippen LogP contribution in [-0.2, 0) is 0 Å². The third kappa shape index (κ3) is 1.97. The van der Waals surface area contributed by atoms with Crippen molar-refractivity contribution in [3.8, 4) is 12.3 Å². The molecule has 0 aliphatic heterocycles. The number of nitrogens with zero attached hydrogens (tertiary/aromatic N) is 2. The van der Waals surface area contributed by atoms with Gasteiger partial charge in [0.05, 0.1) is 23.2 Å². The second-order valence-corrected chi connectivity index (χ2v) is 3.65. The average Bonchev–Trinajstić information content (AvgIpc) is 2.66. The Morgan fingerprint density at radius 3 is 3.06 bits per heavy atom. The van der Waals surface area contributed by atoms with Gasteiger partial charge in [-0.15, -0.1) is 6.42 Å². The second kappa shape index (κ2) is 4.26. The molecule has 0 saturated heterocycles. The van der Waals surface area contributed by atoms with Crippen LogP contribution in [0.4, 0.5) is 0 Å². The first-order valence-electron chi connectivity index (χ1n) is 5.08. The molecule has 1 N–H and O–H groups in total. The number of aryl methyl sites for hydroxylation is 2. The Balaban J connectivity index is 2.55. The summed E-state index contributed by atoms with van der Waals surface area (Å²) in [6.07, 6.45) is 5.10. The van der Waals surface area contributed by atoms with Crippen molar-refractivity contribution in [2.24, 2.45) is 0 Å². The lowest BCUT2D eigenvalue weighted by molar-refractivity contribution is 0.0960. The smallest absolute Gasteiger partial charge is 0.258 e. The minimum atomic E-state index is -0.246. The predicted octanol–water partition coefficient (Wildman–Crippen LogP) is 1.20. The number of hydrogen-bond donors (Lipinski definition) is 1. The molecule has 0 atom stereocenters. The third-order valence-electron chi connectivity index (χ3n) is 2.34. The zero-order valence-corrected chi connectivity index (χ0v) is 9.57. The summed E-state index contributed by atoms with van der Waals surface area (Å²) >= 11 is 0. The molecule has 0 bridgehead atoms. The van der Waals surface area contributed by atoms with Gasteiger partial charge in [-0.1, -0.05) is 11.1 Å². The van der Waals surface area contributed by atoms with Crippen molar-refractivity contribution in [1.82, 2.24) is 15.5 Å². The van der Waals surface area contributed by atoms with Gasteiger partial charge in [0.1, 0.15) is 0 Å².